The van der Waals surface area contributed by atoms with E-state index in [2.05, 4.69) is 11.4 Å². The lowest BCUT2D eigenvalue weighted by Gasteiger charge is -2.20. The highest BCUT2D eigenvalue weighted by atomic mass is 16.5. The van der Waals surface area contributed by atoms with Gasteiger partial charge in [-0.25, -0.2) is 0 Å². The normalized spacial score (nSPS) is 11.2. The molecule has 0 bridgehead atoms. The number of methoxy groups -OCH3 is 2. The van der Waals surface area contributed by atoms with Crippen LogP contribution in [0.25, 0.3) is 0 Å². The van der Waals surface area contributed by atoms with E-state index >= 15 is 0 Å². The topological polar surface area (TPSA) is 80.6 Å². The number of carbonyl (C=O) groups is 1. The van der Waals surface area contributed by atoms with Gasteiger partial charge in [-0.15, -0.1) is 0 Å². The highest BCUT2D eigenvalue weighted by Crippen LogP contribution is 2.28. The summed E-state index contributed by atoms with van der Waals surface area (Å²) in [7, 11) is 3.15. The van der Waals surface area contributed by atoms with E-state index in [-0.39, 0.29) is 11.9 Å². The Kier molecular flexibility index (Phi) is 8.10. The summed E-state index contributed by atoms with van der Waals surface area (Å²) in [5, 5.41) is 12.1. The average Bonchev–Trinajstić information content (AvgIpc) is 2.85. The SMILES string of the molecule is COc1ccc(C(NC(=O)CCCOc2ccc(C#N)cc2OC)c2ccccc2)cc1. The molecule has 0 aromatic heterocycles. The van der Waals surface area contributed by atoms with Crippen molar-refractivity contribution < 1.29 is 19.0 Å². The third kappa shape index (κ3) is 6.02. The summed E-state index contributed by atoms with van der Waals surface area (Å²) >= 11 is 0. The van der Waals surface area contributed by atoms with E-state index in [4.69, 9.17) is 19.5 Å². The fourth-order valence-electron chi connectivity index (χ4n) is 3.31. The number of carbonyl (C=O) groups excluding carboxylic acids is 1. The van der Waals surface area contributed by atoms with Crippen molar-refractivity contribution in [1.29, 1.82) is 5.26 Å². The second-order valence-electron chi connectivity index (χ2n) is 7.11. The fraction of sp³-hybridized carbons (Fsp3) is 0.231. The number of amides is 1. The first-order chi connectivity index (χ1) is 15.6. The molecule has 0 saturated heterocycles. The Hall–Kier alpha value is -3.98. The van der Waals surface area contributed by atoms with Crippen LogP contribution in [0, 0.1) is 11.3 Å². The van der Waals surface area contributed by atoms with Crippen molar-refractivity contribution >= 4 is 5.91 Å². The number of ether oxygens (including phenoxy) is 3. The van der Waals surface area contributed by atoms with E-state index in [1.54, 1.807) is 25.3 Å². The molecule has 0 spiro atoms. The van der Waals surface area contributed by atoms with Crippen LogP contribution in [-0.4, -0.2) is 26.7 Å². The highest BCUT2D eigenvalue weighted by Gasteiger charge is 2.17. The van der Waals surface area contributed by atoms with E-state index in [1.807, 2.05) is 54.6 Å². The molecule has 0 saturated carbocycles. The van der Waals surface area contributed by atoms with Crippen LogP contribution in [-0.2, 0) is 4.79 Å². The van der Waals surface area contributed by atoms with Crippen molar-refractivity contribution in [2.45, 2.75) is 18.9 Å². The smallest absolute Gasteiger partial charge is 0.220 e. The number of hydrogen-bond donors (Lipinski definition) is 1. The zero-order valence-electron chi connectivity index (χ0n) is 18.2. The molecule has 0 aliphatic carbocycles. The van der Waals surface area contributed by atoms with Crippen molar-refractivity contribution in [1.82, 2.24) is 5.32 Å². The highest BCUT2D eigenvalue weighted by molar-refractivity contribution is 5.77. The van der Waals surface area contributed by atoms with Crippen LogP contribution in [0.1, 0.15) is 35.6 Å². The molecule has 1 unspecified atom stereocenters. The molecule has 0 aliphatic rings. The third-order valence-corrected chi connectivity index (χ3v) is 4.99. The van der Waals surface area contributed by atoms with Gasteiger partial charge >= 0.3 is 0 Å². The van der Waals surface area contributed by atoms with Gasteiger partial charge in [0.1, 0.15) is 5.75 Å². The van der Waals surface area contributed by atoms with Gasteiger partial charge < -0.3 is 19.5 Å². The van der Waals surface area contributed by atoms with Crippen molar-refractivity contribution in [3.63, 3.8) is 0 Å². The molecule has 6 nitrogen and oxygen atoms in total. The summed E-state index contributed by atoms with van der Waals surface area (Å²) < 4.78 is 16.3. The van der Waals surface area contributed by atoms with Crippen LogP contribution in [0.4, 0.5) is 0 Å². The molecule has 0 radical (unpaired) electrons. The molecule has 1 amide bonds. The number of benzene rings is 3. The summed E-state index contributed by atoms with van der Waals surface area (Å²) in [5.41, 5.74) is 2.48. The largest absolute Gasteiger partial charge is 0.497 e. The number of rotatable bonds is 10. The Labute approximate surface area is 188 Å². The molecule has 3 aromatic rings. The molecule has 0 heterocycles. The summed E-state index contributed by atoms with van der Waals surface area (Å²) in [6, 6.07) is 24.3. The molecule has 6 heteroatoms. The van der Waals surface area contributed by atoms with Gasteiger partial charge in [0.25, 0.3) is 0 Å². The van der Waals surface area contributed by atoms with E-state index in [0.717, 1.165) is 16.9 Å². The predicted octanol–water partition coefficient (Wildman–Crippen LogP) is 4.64. The molecular formula is C26H26N2O4. The van der Waals surface area contributed by atoms with Crippen LogP contribution in [0.2, 0.25) is 0 Å². The Balaban J connectivity index is 1.59. The van der Waals surface area contributed by atoms with E-state index < -0.39 is 0 Å². The van der Waals surface area contributed by atoms with Gasteiger partial charge in [0.05, 0.1) is 38.5 Å². The number of nitriles is 1. The standard InChI is InChI=1S/C26H26N2O4/c1-30-22-13-11-21(12-14-22)26(20-7-4-3-5-8-20)28-25(29)9-6-16-32-23-15-10-19(18-27)17-24(23)31-2/h3-5,7-8,10-15,17,26H,6,9,16H2,1-2H3,(H,28,29). The second kappa shape index (κ2) is 11.4. The Morgan fingerprint density at radius 2 is 1.66 bits per heavy atom. The van der Waals surface area contributed by atoms with E-state index in [9.17, 15) is 4.79 Å². The minimum Gasteiger partial charge on any atom is -0.497 e. The van der Waals surface area contributed by atoms with E-state index in [0.29, 0.717) is 36.5 Å². The van der Waals surface area contributed by atoms with Crippen molar-refractivity contribution in [2.24, 2.45) is 0 Å². The van der Waals surface area contributed by atoms with Crippen LogP contribution in [0.3, 0.4) is 0 Å². The van der Waals surface area contributed by atoms with Crippen LogP contribution in [0.5, 0.6) is 17.2 Å². The lowest BCUT2D eigenvalue weighted by molar-refractivity contribution is -0.121. The molecule has 3 rings (SSSR count). The van der Waals surface area contributed by atoms with Gasteiger partial charge in [0, 0.05) is 12.5 Å². The Morgan fingerprint density at radius 1 is 0.938 bits per heavy atom. The van der Waals surface area contributed by atoms with Crippen molar-refractivity contribution in [3.8, 4) is 23.3 Å². The molecule has 1 atom stereocenters. The monoisotopic (exact) mass is 430 g/mol. The van der Waals surface area contributed by atoms with Gasteiger partial charge in [0.2, 0.25) is 5.91 Å². The first kappa shape index (κ1) is 22.7. The van der Waals surface area contributed by atoms with Gasteiger partial charge in [0.15, 0.2) is 11.5 Å². The first-order valence-corrected chi connectivity index (χ1v) is 10.3. The Morgan fingerprint density at radius 3 is 2.31 bits per heavy atom. The molecule has 0 aliphatic heterocycles. The molecule has 1 N–H and O–H groups in total. The minimum atomic E-state index is -0.255. The lowest BCUT2D eigenvalue weighted by Crippen LogP contribution is -2.29. The maximum atomic E-state index is 12.7. The van der Waals surface area contributed by atoms with Gasteiger partial charge in [-0.05, 0) is 41.8 Å². The average molecular weight is 431 g/mol. The number of nitrogens with zero attached hydrogens (tertiary/aromatic N) is 1. The van der Waals surface area contributed by atoms with Crippen LogP contribution >= 0.6 is 0 Å². The molecule has 32 heavy (non-hydrogen) atoms. The van der Waals surface area contributed by atoms with Gasteiger partial charge in [-0.3, -0.25) is 4.79 Å². The molecule has 0 fully saturated rings. The zero-order valence-corrected chi connectivity index (χ0v) is 18.2. The quantitative estimate of drug-likeness (QED) is 0.474. The Bertz CT molecular complexity index is 1060. The molecule has 3 aromatic carbocycles. The summed E-state index contributed by atoms with van der Waals surface area (Å²) in [6.45, 7) is 0.355. The third-order valence-electron chi connectivity index (χ3n) is 4.99. The van der Waals surface area contributed by atoms with Crippen LogP contribution in [0.15, 0.2) is 72.8 Å². The summed E-state index contributed by atoms with van der Waals surface area (Å²) in [6.07, 6.45) is 0.858. The fourth-order valence-corrected chi connectivity index (χ4v) is 3.31. The lowest BCUT2D eigenvalue weighted by atomic mass is 9.98. The van der Waals surface area contributed by atoms with Crippen LogP contribution < -0.4 is 19.5 Å². The van der Waals surface area contributed by atoms with Crippen molar-refractivity contribution in [3.05, 3.63) is 89.5 Å². The number of nitrogens with one attached hydrogen (secondary N) is 1. The number of hydrogen-bond acceptors (Lipinski definition) is 5. The van der Waals surface area contributed by atoms with Gasteiger partial charge in [-0.1, -0.05) is 42.5 Å². The predicted molar refractivity (Wildman–Crippen MR) is 122 cm³/mol. The molecular weight excluding hydrogens is 404 g/mol. The summed E-state index contributed by atoms with van der Waals surface area (Å²) in [4.78, 5) is 12.7. The zero-order chi connectivity index (χ0) is 22.8. The molecule has 164 valence electrons. The maximum Gasteiger partial charge on any atom is 0.220 e. The van der Waals surface area contributed by atoms with E-state index in [1.165, 1.54) is 7.11 Å². The maximum absolute atomic E-state index is 12.7. The summed E-state index contributed by atoms with van der Waals surface area (Å²) in [5.74, 6) is 1.75. The van der Waals surface area contributed by atoms with Gasteiger partial charge in [-0.2, -0.15) is 5.26 Å². The van der Waals surface area contributed by atoms with Crippen molar-refractivity contribution in [2.75, 3.05) is 20.8 Å². The second-order valence-corrected chi connectivity index (χ2v) is 7.11. The minimum absolute atomic E-state index is 0.0648. The first-order valence-electron chi connectivity index (χ1n) is 10.3.